The van der Waals surface area contributed by atoms with Crippen LogP contribution in [-0.2, 0) is 0 Å². The lowest BCUT2D eigenvalue weighted by Crippen LogP contribution is -2.17. The maximum absolute atomic E-state index is 12.3. The quantitative estimate of drug-likeness (QED) is 0.842. The van der Waals surface area contributed by atoms with Gasteiger partial charge in [0, 0.05) is 17.3 Å². The molecule has 0 radical (unpaired) electrons. The van der Waals surface area contributed by atoms with E-state index in [0.717, 1.165) is 12.1 Å². The van der Waals surface area contributed by atoms with Crippen LogP contribution in [0.2, 0.25) is 0 Å². The van der Waals surface area contributed by atoms with Gasteiger partial charge < -0.3 is 19.5 Å². The molecule has 0 aliphatic carbocycles. The number of anilines is 1. The third kappa shape index (κ3) is 5.30. The summed E-state index contributed by atoms with van der Waals surface area (Å²) < 4.78 is 51.1. The van der Waals surface area contributed by atoms with E-state index in [0.29, 0.717) is 18.1 Å². The van der Waals surface area contributed by atoms with Crippen molar-refractivity contribution in [1.82, 2.24) is 0 Å². The maximum atomic E-state index is 12.3. The Morgan fingerprint density at radius 3 is 2.52 bits per heavy atom. The Kier molecular flexibility index (Phi) is 5.74. The van der Waals surface area contributed by atoms with Crippen LogP contribution in [0.3, 0.4) is 0 Å². The zero-order chi connectivity index (χ0) is 18.4. The molecule has 134 valence electrons. The van der Waals surface area contributed by atoms with Crippen molar-refractivity contribution in [3.63, 3.8) is 0 Å². The van der Waals surface area contributed by atoms with Crippen molar-refractivity contribution in [3.8, 4) is 17.2 Å². The molecule has 0 heterocycles. The van der Waals surface area contributed by atoms with Crippen molar-refractivity contribution in [2.24, 2.45) is 0 Å². The van der Waals surface area contributed by atoms with Crippen LogP contribution in [-0.4, -0.2) is 26.0 Å². The number of hydrogen-bond donors (Lipinski definition) is 1. The second-order valence-corrected chi connectivity index (χ2v) is 4.83. The van der Waals surface area contributed by atoms with Gasteiger partial charge in [-0.3, -0.25) is 4.79 Å². The smallest absolute Gasteiger partial charge is 0.493 e. The summed E-state index contributed by atoms with van der Waals surface area (Å²) in [6.07, 6.45) is -4.80. The molecule has 0 aliphatic heterocycles. The fourth-order valence-corrected chi connectivity index (χ4v) is 2.06. The van der Waals surface area contributed by atoms with E-state index in [9.17, 15) is 18.0 Å². The highest BCUT2D eigenvalue weighted by Crippen LogP contribution is 2.29. The molecule has 25 heavy (non-hydrogen) atoms. The lowest BCUT2D eigenvalue weighted by Gasteiger charge is -2.12. The largest absolute Gasteiger partial charge is 0.573 e. The molecule has 0 aliphatic rings. The Morgan fingerprint density at radius 1 is 1.12 bits per heavy atom. The number of carbonyl (C=O) groups is 1. The van der Waals surface area contributed by atoms with Crippen LogP contribution in [0.15, 0.2) is 42.5 Å². The standard InChI is InChI=1S/C17H16F3NO4/c1-3-24-14-8-7-11(9-15(14)23-2)16(22)21-12-5-4-6-13(10-12)25-17(18,19)20/h4-10H,3H2,1-2H3,(H,21,22). The minimum atomic E-state index is -4.80. The molecule has 0 atom stereocenters. The fourth-order valence-electron chi connectivity index (χ4n) is 2.06. The van der Waals surface area contributed by atoms with Gasteiger partial charge in [0.05, 0.1) is 13.7 Å². The Labute approximate surface area is 142 Å². The number of amides is 1. The molecular formula is C17H16F3NO4. The average Bonchev–Trinajstić information content (AvgIpc) is 2.54. The van der Waals surface area contributed by atoms with E-state index in [1.54, 1.807) is 6.07 Å². The van der Waals surface area contributed by atoms with Crippen LogP contribution >= 0.6 is 0 Å². The summed E-state index contributed by atoms with van der Waals surface area (Å²) in [7, 11) is 1.44. The molecule has 0 spiro atoms. The second-order valence-electron chi connectivity index (χ2n) is 4.83. The molecule has 1 amide bonds. The van der Waals surface area contributed by atoms with Gasteiger partial charge in [-0.1, -0.05) is 6.07 Å². The monoisotopic (exact) mass is 355 g/mol. The van der Waals surface area contributed by atoms with Crippen molar-refractivity contribution < 1.29 is 32.2 Å². The molecule has 2 aromatic carbocycles. The van der Waals surface area contributed by atoms with Crippen LogP contribution in [0.5, 0.6) is 17.2 Å². The first-order chi connectivity index (χ1) is 11.8. The minimum Gasteiger partial charge on any atom is -0.493 e. The predicted molar refractivity (Wildman–Crippen MR) is 85.2 cm³/mol. The SMILES string of the molecule is CCOc1ccc(C(=O)Nc2cccc(OC(F)(F)F)c2)cc1OC. The van der Waals surface area contributed by atoms with Crippen molar-refractivity contribution in [1.29, 1.82) is 0 Å². The number of halogens is 3. The zero-order valence-electron chi connectivity index (χ0n) is 13.5. The first-order valence-corrected chi connectivity index (χ1v) is 7.30. The van der Waals surface area contributed by atoms with Crippen LogP contribution in [0.1, 0.15) is 17.3 Å². The van der Waals surface area contributed by atoms with E-state index >= 15 is 0 Å². The summed E-state index contributed by atoms with van der Waals surface area (Å²) in [5, 5.41) is 2.50. The number of alkyl halides is 3. The van der Waals surface area contributed by atoms with Gasteiger partial charge in [-0.05, 0) is 37.3 Å². The molecule has 5 nitrogen and oxygen atoms in total. The van der Waals surface area contributed by atoms with Gasteiger partial charge in [0.1, 0.15) is 5.75 Å². The number of hydrogen-bond acceptors (Lipinski definition) is 4. The van der Waals surface area contributed by atoms with E-state index in [1.807, 2.05) is 6.92 Å². The van der Waals surface area contributed by atoms with E-state index in [1.165, 1.54) is 31.4 Å². The molecule has 0 aromatic heterocycles. The number of methoxy groups -OCH3 is 1. The molecule has 2 rings (SSSR count). The zero-order valence-corrected chi connectivity index (χ0v) is 13.5. The number of rotatable bonds is 6. The van der Waals surface area contributed by atoms with Gasteiger partial charge in [0.15, 0.2) is 11.5 Å². The lowest BCUT2D eigenvalue weighted by molar-refractivity contribution is -0.274. The van der Waals surface area contributed by atoms with Crippen LogP contribution in [0.4, 0.5) is 18.9 Å². The summed E-state index contributed by atoms with van der Waals surface area (Å²) in [4.78, 5) is 12.3. The first kappa shape index (κ1) is 18.4. The summed E-state index contributed by atoms with van der Waals surface area (Å²) >= 11 is 0. The van der Waals surface area contributed by atoms with Crippen molar-refractivity contribution in [3.05, 3.63) is 48.0 Å². The molecule has 1 N–H and O–H groups in total. The van der Waals surface area contributed by atoms with E-state index < -0.39 is 18.0 Å². The topological polar surface area (TPSA) is 56.8 Å². The number of benzene rings is 2. The highest BCUT2D eigenvalue weighted by atomic mass is 19.4. The Morgan fingerprint density at radius 2 is 1.88 bits per heavy atom. The Hall–Kier alpha value is -2.90. The normalized spacial score (nSPS) is 10.9. The van der Waals surface area contributed by atoms with Gasteiger partial charge in [-0.25, -0.2) is 0 Å². The summed E-state index contributed by atoms with van der Waals surface area (Å²) in [5.74, 6) is -0.0640. The highest BCUT2D eigenvalue weighted by Gasteiger charge is 2.31. The van der Waals surface area contributed by atoms with Gasteiger partial charge >= 0.3 is 6.36 Å². The van der Waals surface area contributed by atoms with E-state index in [2.05, 4.69) is 10.1 Å². The van der Waals surface area contributed by atoms with E-state index in [-0.39, 0.29) is 11.3 Å². The van der Waals surface area contributed by atoms with Crippen LogP contribution < -0.4 is 19.5 Å². The molecule has 0 unspecified atom stereocenters. The Bertz CT molecular complexity index is 747. The molecule has 2 aromatic rings. The number of nitrogens with one attached hydrogen (secondary N) is 1. The summed E-state index contributed by atoms with van der Waals surface area (Å²) in [6, 6.07) is 9.61. The number of carbonyl (C=O) groups excluding carboxylic acids is 1. The third-order valence-corrected chi connectivity index (χ3v) is 3.05. The Balaban J connectivity index is 2.15. The van der Waals surface area contributed by atoms with Crippen LogP contribution in [0.25, 0.3) is 0 Å². The average molecular weight is 355 g/mol. The molecule has 0 saturated heterocycles. The summed E-state index contributed by atoms with van der Waals surface area (Å²) in [5.41, 5.74) is 0.432. The predicted octanol–water partition coefficient (Wildman–Crippen LogP) is 4.24. The van der Waals surface area contributed by atoms with Crippen molar-refractivity contribution >= 4 is 11.6 Å². The maximum Gasteiger partial charge on any atom is 0.573 e. The lowest BCUT2D eigenvalue weighted by atomic mass is 10.2. The van der Waals surface area contributed by atoms with Crippen molar-refractivity contribution in [2.45, 2.75) is 13.3 Å². The van der Waals surface area contributed by atoms with Crippen molar-refractivity contribution in [2.75, 3.05) is 19.0 Å². The number of ether oxygens (including phenoxy) is 3. The van der Waals surface area contributed by atoms with Crippen LogP contribution in [0, 0.1) is 0 Å². The molecule has 8 heteroatoms. The summed E-state index contributed by atoms with van der Waals surface area (Å²) in [6.45, 7) is 2.25. The van der Waals surface area contributed by atoms with Gasteiger partial charge in [-0.15, -0.1) is 13.2 Å². The third-order valence-electron chi connectivity index (χ3n) is 3.05. The van der Waals surface area contributed by atoms with Gasteiger partial charge in [0.2, 0.25) is 0 Å². The molecular weight excluding hydrogens is 339 g/mol. The van der Waals surface area contributed by atoms with Gasteiger partial charge in [-0.2, -0.15) is 0 Å². The highest BCUT2D eigenvalue weighted by molar-refractivity contribution is 6.04. The first-order valence-electron chi connectivity index (χ1n) is 7.30. The second kappa shape index (κ2) is 7.78. The minimum absolute atomic E-state index is 0.166. The molecule has 0 saturated carbocycles. The van der Waals surface area contributed by atoms with Gasteiger partial charge in [0.25, 0.3) is 5.91 Å². The molecule has 0 fully saturated rings. The molecule has 0 bridgehead atoms. The van der Waals surface area contributed by atoms with E-state index in [4.69, 9.17) is 9.47 Å². The fraction of sp³-hybridized carbons (Fsp3) is 0.235.